The van der Waals surface area contributed by atoms with Crippen LogP contribution < -0.4 is 14.2 Å². The molecule has 0 aliphatic rings. The van der Waals surface area contributed by atoms with Crippen molar-refractivity contribution in [3.63, 3.8) is 0 Å². The number of methoxy groups -OCH3 is 2. The molecule has 0 bridgehead atoms. The highest BCUT2D eigenvalue weighted by atomic mass is 16.5. The number of benzene rings is 2. The summed E-state index contributed by atoms with van der Waals surface area (Å²) in [6.07, 6.45) is 0. The molecule has 1 aromatic heterocycles. The maximum absolute atomic E-state index is 12.3. The monoisotopic (exact) mass is 336 g/mol. The molecule has 0 saturated heterocycles. The Morgan fingerprint density at radius 2 is 1.52 bits per heavy atom. The molecule has 6 heteroatoms. The van der Waals surface area contributed by atoms with Gasteiger partial charge in [0.15, 0.2) is 0 Å². The summed E-state index contributed by atoms with van der Waals surface area (Å²) in [4.78, 5) is 12.3. The van der Waals surface area contributed by atoms with Crippen molar-refractivity contribution in [1.29, 1.82) is 0 Å². The Kier molecular flexibility index (Phi) is 4.89. The zero-order chi connectivity index (χ0) is 17.6. The Morgan fingerprint density at radius 1 is 0.840 bits per heavy atom. The molecule has 3 rings (SSSR count). The van der Waals surface area contributed by atoms with Crippen molar-refractivity contribution in [3.8, 4) is 28.6 Å². The molecule has 0 saturated carbocycles. The fourth-order valence-corrected chi connectivity index (χ4v) is 2.22. The molecule has 126 valence electrons. The van der Waals surface area contributed by atoms with Crippen molar-refractivity contribution in [2.24, 2.45) is 0 Å². The van der Waals surface area contributed by atoms with Crippen LogP contribution in [0.1, 0.15) is 10.4 Å². The predicted molar refractivity (Wildman–Crippen MR) is 92.0 cm³/mol. The first-order valence-electron chi connectivity index (χ1n) is 7.54. The topological polar surface area (TPSA) is 70.5 Å². The molecule has 1 heterocycles. The van der Waals surface area contributed by atoms with Gasteiger partial charge in [-0.25, -0.2) is 4.79 Å². The van der Waals surface area contributed by atoms with Crippen molar-refractivity contribution in [2.45, 2.75) is 0 Å². The zero-order valence-electron chi connectivity index (χ0n) is 13.8. The molecule has 3 aromatic rings. The SMILES string of the molecule is COc1cc(OC)cc(C(=O)Oc2ccc(-c3ccccc3)nn2)c1. The predicted octanol–water partition coefficient (Wildman–Crippen LogP) is 3.38. The average Bonchev–Trinajstić information content (AvgIpc) is 2.68. The van der Waals surface area contributed by atoms with Gasteiger partial charge in [0.05, 0.1) is 25.5 Å². The minimum absolute atomic E-state index is 0.117. The van der Waals surface area contributed by atoms with E-state index >= 15 is 0 Å². The summed E-state index contributed by atoms with van der Waals surface area (Å²) in [7, 11) is 3.02. The highest BCUT2D eigenvalue weighted by Gasteiger charge is 2.13. The maximum Gasteiger partial charge on any atom is 0.345 e. The Morgan fingerprint density at radius 3 is 2.08 bits per heavy atom. The third-order valence-electron chi connectivity index (χ3n) is 3.49. The molecule has 25 heavy (non-hydrogen) atoms. The summed E-state index contributed by atoms with van der Waals surface area (Å²) in [5.74, 6) is 0.541. The van der Waals surface area contributed by atoms with E-state index < -0.39 is 5.97 Å². The molecule has 0 atom stereocenters. The Balaban J connectivity index is 1.77. The summed E-state index contributed by atoms with van der Waals surface area (Å²) >= 11 is 0. The first kappa shape index (κ1) is 16.4. The van der Waals surface area contributed by atoms with Crippen LogP contribution in [-0.4, -0.2) is 30.4 Å². The average molecular weight is 336 g/mol. The summed E-state index contributed by atoms with van der Waals surface area (Å²) < 4.78 is 15.6. The number of hydrogen-bond acceptors (Lipinski definition) is 6. The largest absolute Gasteiger partial charge is 0.497 e. The number of carbonyl (C=O) groups excluding carboxylic acids is 1. The van der Waals surface area contributed by atoms with Crippen LogP contribution in [0, 0.1) is 0 Å². The van der Waals surface area contributed by atoms with Crippen molar-refractivity contribution < 1.29 is 19.0 Å². The fourth-order valence-electron chi connectivity index (χ4n) is 2.22. The lowest BCUT2D eigenvalue weighted by Gasteiger charge is -2.08. The van der Waals surface area contributed by atoms with E-state index in [1.165, 1.54) is 14.2 Å². The number of esters is 1. The van der Waals surface area contributed by atoms with E-state index in [1.54, 1.807) is 30.3 Å². The summed E-state index contributed by atoms with van der Waals surface area (Å²) in [6.45, 7) is 0. The van der Waals surface area contributed by atoms with E-state index in [4.69, 9.17) is 14.2 Å². The molecular formula is C19H16N2O4. The molecule has 0 aliphatic carbocycles. The number of hydrogen-bond donors (Lipinski definition) is 0. The second-order valence-electron chi connectivity index (χ2n) is 5.11. The third-order valence-corrected chi connectivity index (χ3v) is 3.49. The highest BCUT2D eigenvalue weighted by molar-refractivity contribution is 5.91. The maximum atomic E-state index is 12.3. The van der Waals surface area contributed by atoms with Crippen molar-refractivity contribution >= 4 is 5.97 Å². The Bertz CT molecular complexity index is 842. The Hall–Kier alpha value is -3.41. The molecule has 0 unspecified atom stereocenters. The minimum Gasteiger partial charge on any atom is -0.497 e. The van der Waals surface area contributed by atoms with Crippen LogP contribution in [0.3, 0.4) is 0 Å². The molecular weight excluding hydrogens is 320 g/mol. The molecule has 0 radical (unpaired) electrons. The summed E-state index contributed by atoms with van der Waals surface area (Å²) in [5, 5.41) is 8.04. The van der Waals surface area contributed by atoms with Crippen molar-refractivity contribution in [2.75, 3.05) is 14.2 Å². The van der Waals surface area contributed by atoms with Gasteiger partial charge in [-0.05, 0) is 18.2 Å². The molecule has 0 aliphatic heterocycles. The molecule has 0 N–H and O–H groups in total. The van der Waals surface area contributed by atoms with Gasteiger partial charge in [-0.2, -0.15) is 0 Å². The van der Waals surface area contributed by atoms with Crippen LogP contribution in [0.4, 0.5) is 0 Å². The van der Waals surface area contributed by atoms with E-state index in [0.717, 1.165) is 5.56 Å². The van der Waals surface area contributed by atoms with E-state index in [0.29, 0.717) is 22.8 Å². The summed E-state index contributed by atoms with van der Waals surface area (Å²) in [5.41, 5.74) is 1.93. The first-order chi connectivity index (χ1) is 12.2. The Labute approximate surface area is 145 Å². The summed E-state index contributed by atoms with van der Waals surface area (Å²) in [6, 6.07) is 17.8. The van der Waals surface area contributed by atoms with Gasteiger partial charge in [-0.1, -0.05) is 30.3 Å². The van der Waals surface area contributed by atoms with Gasteiger partial charge in [0.2, 0.25) is 5.88 Å². The van der Waals surface area contributed by atoms with Crippen LogP contribution in [-0.2, 0) is 0 Å². The minimum atomic E-state index is -0.570. The van der Waals surface area contributed by atoms with Crippen LogP contribution in [0.15, 0.2) is 60.7 Å². The lowest BCUT2D eigenvalue weighted by molar-refractivity contribution is 0.0725. The van der Waals surface area contributed by atoms with Gasteiger partial charge in [-0.3, -0.25) is 0 Å². The van der Waals surface area contributed by atoms with Crippen molar-refractivity contribution in [3.05, 3.63) is 66.2 Å². The highest BCUT2D eigenvalue weighted by Crippen LogP contribution is 2.23. The number of rotatable bonds is 5. The first-order valence-corrected chi connectivity index (χ1v) is 7.54. The molecule has 0 fully saturated rings. The van der Waals surface area contributed by atoms with Crippen LogP contribution >= 0.6 is 0 Å². The van der Waals surface area contributed by atoms with Gasteiger partial charge in [0.25, 0.3) is 0 Å². The standard InChI is InChI=1S/C19H16N2O4/c1-23-15-10-14(11-16(12-15)24-2)19(22)25-18-9-8-17(20-21-18)13-6-4-3-5-7-13/h3-12H,1-2H3. The van der Waals surface area contributed by atoms with E-state index in [2.05, 4.69) is 10.2 Å². The van der Waals surface area contributed by atoms with Crippen LogP contribution in [0.5, 0.6) is 17.4 Å². The molecule has 6 nitrogen and oxygen atoms in total. The van der Waals surface area contributed by atoms with Gasteiger partial charge in [0.1, 0.15) is 11.5 Å². The van der Waals surface area contributed by atoms with E-state index in [-0.39, 0.29) is 5.88 Å². The zero-order valence-corrected chi connectivity index (χ0v) is 13.8. The molecule has 0 amide bonds. The third kappa shape index (κ3) is 3.92. The van der Waals surface area contributed by atoms with Crippen LogP contribution in [0.25, 0.3) is 11.3 Å². The fraction of sp³-hybridized carbons (Fsp3) is 0.105. The quantitative estimate of drug-likeness (QED) is 0.665. The van der Waals surface area contributed by atoms with Crippen LogP contribution in [0.2, 0.25) is 0 Å². The van der Waals surface area contributed by atoms with E-state index in [1.807, 2.05) is 30.3 Å². The molecule has 0 spiro atoms. The van der Waals surface area contributed by atoms with Gasteiger partial charge in [-0.15, -0.1) is 10.2 Å². The normalized spacial score (nSPS) is 10.2. The lowest BCUT2D eigenvalue weighted by Crippen LogP contribution is -2.10. The van der Waals surface area contributed by atoms with Gasteiger partial charge >= 0.3 is 5.97 Å². The van der Waals surface area contributed by atoms with E-state index in [9.17, 15) is 4.79 Å². The lowest BCUT2D eigenvalue weighted by atomic mass is 10.1. The number of aromatic nitrogens is 2. The number of nitrogens with zero attached hydrogens (tertiary/aromatic N) is 2. The number of carbonyl (C=O) groups is 1. The second-order valence-corrected chi connectivity index (χ2v) is 5.11. The van der Waals surface area contributed by atoms with Gasteiger partial charge in [0, 0.05) is 17.7 Å². The smallest absolute Gasteiger partial charge is 0.345 e. The second kappa shape index (κ2) is 7.44. The van der Waals surface area contributed by atoms with Crippen molar-refractivity contribution in [1.82, 2.24) is 10.2 Å². The molecule has 2 aromatic carbocycles. The number of ether oxygens (including phenoxy) is 3. The van der Waals surface area contributed by atoms with Gasteiger partial charge < -0.3 is 14.2 Å².